The number of benzene rings is 2. The number of quaternary nitrogens is 1. The van der Waals surface area contributed by atoms with Crippen LogP contribution in [0.25, 0.3) is 10.9 Å². The number of nitrogens with zero attached hydrogens (tertiary/aromatic N) is 2. The molecule has 0 bridgehead atoms. The van der Waals surface area contributed by atoms with Gasteiger partial charge in [0.2, 0.25) is 0 Å². The number of hydrogen-bond donors (Lipinski definition) is 2. The number of carboxylic acid groups (broad SMARTS) is 1. The summed E-state index contributed by atoms with van der Waals surface area (Å²) in [7, 11) is 2.21. The van der Waals surface area contributed by atoms with Crippen molar-refractivity contribution >= 4 is 45.5 Å². The molecule has 1 fully saturated rings. The van der Waals surface area contributed by atoms with E-state index in [0.29, 0.717) is 21.6 Å². The Kier molecular flexibility index (Phi) is 5.07. The Morgan fingerprint density at radius 3 is 2.57 bits per heavy atom. The third kappa shape index (κ3) is 3.74. The molecule has 4 rings (SSSR count). The van der Waals surface area contributed by atoms with Crippen LogP contribution in [0.1, 0.15) is 10.4 Å². The molecule has 2 N–H and O–H groups in total. The van der Waals surface area contributed by atoms with Crippen molar-refractivity contribution in [3.8, 4) is 0 Å². The van der Waals surface area contributed by atoms with E-state index in [0.717, 1.165) is 31.9 Å². The molecule has 0 spiro atoms. The number of nitrogens with one attached hydrogen (secondary N) is 2. The number of piperazine rings is 1. The van der Waals surface area contributed by atoms with Gasteiger partial charge in [-0.1, -0.05) is 11.6 Å². The summed E-state index contributed by atoms with van der Waals surface area (Å²) in [5, 5.41) is 16.0. The van der Waals surface area contributed by atoms with Gasteiger partial charge in [-0.2, -0.15) is 0 Å². The Hall–Kier alpha value is -2.83. The fourth-order valence-electron chi connectivity index (χ4n) is 3.50. The predicted molar refractivity (Wildman–Crippen MR) is 110 cm³/mol. The first kappa shape index (κ1) is 18.5. The van der Waals surface area contributed by atoms with E-state index >= 15 is 0 Å². The number of pyridine rings is 1. The number of carbonyl (C=O) groups excluding carboxylic acids is 1. The molecule has 1 aliphatic heterocycles. The van der Waals surface area contributed by atoms with Crippen LogP contribution in [0, 0.1) is 0 Å². The number of likely N-dealkylation sites (N-methyl/N-ethyl adjacent to an activating group) is 1. The van der Waals surface area contributed by atoms with Crippen molar-refractivity contribution in [1.82, 2.24) is 4.98 Å². The smallest absolute Gasteiger partial charge is 0.0947 e. The minimum absolute atomic E-state index is 0.000820. The molecule has 7 heteroatoms. The molecule has 6 nitrogen and oxygen atoms in total. The SMILES string of the molecule is C[NH+]1CCN(c2ccc(Nc3c(C(=O)[O-])cnc4ccc(Cl)cc34)cc2)CC1. The van der Waals surface area contributed by atoms with Crippen LogP contribution in [0.15, 0.2) is 48.7 Å². The lowest BCUT2D eigenvalue weighted by Gasteiger charge is -2.31. The van der Waals surface area contributed by atoms with E-state index in [9.17, 15) is 9.90 Å². The summed E-state index contributed by atoms with van der Waals surface area (Å²) < 4.78 is 0. The van der Waals surface area contributed by atoms with Crippen molar-refractivity contribution < 1.29 is 14.8 Å². The minimum Gasteiger partial charge on any atom is -0.545 e. The molecule has 3 aromatic rings. The van der Waals surface area contributed by atoms with Crippen LogP contribution in [0.4, 0.5) is 17.1 Å². The zero-order valence-corrected chi connectivity index (χ0v) is 16.3. The third-order valence-corrected chi connectivity index (χ3v) is 5.40. The molecular weight excluding hydrogens is 376 g/mol. The van der Waals surface area contributed by atoms with Crippen molar-refractivity contribution in [2.24, 2.45) is 0 Å². The second-order valence-corrected chi connectivity index (χ2v) is 7.55. The van der Waals surface area contributed by atoms with Crippen molar-refractivity contribution in [3.05, 3.63) is 59.2 Å². The van der Waals surface area contributed by atoms with Gasteiger partial charge >= 0.3 is 0 Å². The normalized spacial score (nSPS) is 15.0. The van der Waals surface area contributed by atoms with Gasteiger partial charge in [0.15, 0.2) is 0 Å². The Labute approximate surface area is 168 Å². The molecule has 0 atom stereocenters. The van der Waals surface area contributed by atoms with Gasteiger partial charge < -0.3 is 25.0 Å². The summed E-state index contributed by atoms with van der Waals surface area (Å²) in [5.41, 5.74) is 3.05. The Morgan fingerprint density at radius 2 is 1.89 bits per heavy atom. The van der Waals surface area contributed by atoms with Gasteiger partial charge in [-0.25, -0.2) is 0 Å². The lowest BCUT2D eigenvalue weighted by atomic mass is 10.1. The maximum absolute atomic E-state index is 11.6. The fraction of sp³-hybridized carbons (Fsp3) is 0.238. The Bertz CT molecular complexity index is 1010. The predicted octanol–water partition coefficient (Wildman–Crippen LogP) is 1.33. The minimum atomic E-state index is -1.28. The number of aromatic nitrogens is 1. The van der Waals surface area contributed by atoms with Crippen LogP contribution < -0.4 is 20.2 Å². The zero-order chi connectivity index (χ0) is 19.7. The first-order valence-corrected chi connectivity index (χ1v) is 9.62. The van der Waals surface area contributed by atoms with Crippen LogP contribution in [0.2, 0.25) is 5.02 Å². The first-order valence-electron chi connectivity index (χ1n) is 9.24. The van der Waals surface area contributed by atoms with E-state index in [-0.39, 0.29) is 5.56 Å². The maximum Gasteiger partial charge on any atom is 0.0947 e. The molecule has 0 saturated carbocycles. The van der Waals surface area contributed by atoms with Gasteiger partial charge in [0.25, 0.3) is 0 Å². The molecule has 1 aromatic heterocycles. The largest absolute Gasteiger partial charge is 0.545 e. The average Bonchev–Trinajstić information content (AvgIpc) is 2.69. The van der Waals surface area contributed by atoms with Gasteiger partial charge in [0.05, 0.1) is 50.4 Å². The lowest BCUT2D eigenvalue weighted by Crippen LogP contribution is -3.12. The molecule has 28 heavy (non-hydrogen) atoms. The van der Waals surface area contributed by atoms with Crippen LogP contribution in [-0.2, 0) is 0 Å². The fourth-order valence-corrected chi connectivity index (χ4v) is 3.67. The molecule has 0 amide bonds. The van der Waals surface area contributed by atoms with E-state index in [2.05, 4.69) is 34.4 Å². The number of anilines is 3. The van der Waals surface area contributed by atoms with E-state index in [1.807, 2.05) is 12.1 Å². The molecule has 2 heterocycles. The van der Waals surface area contributed by atoms with Crippen molar-refractivity contribution in [3.63, 3.8) is 0 Å². The van der Waals surface area contributed by atoms with E-state index in [1.165, 1.54) is 11.9 Å². The molecule has 1 saturated heterocycles. The zero-order valence-electron chi connectivity index (χ0n) is 15.5. The van der Waals surface area contributed by atoms with Crippen LogP contribution >= 0.6 is 11.6 Å². The number of halogens is 1. The Morgan fingerprint density at radius 1 is 1.18 bits per heavy atom. The van der Waals surface area contributed by atoms with E-state index in [1.54, 1.807) is 23.1 Å². The summed E-state index contributed by atoms with van der Waals surface area (Å²) in [6.45, 7) is 4.30. The number of aromatic carboxylic acids is 1. The van der Waals surface area contributed by atoms with E-state index < -0.39 is 5.97 Å². The Balaban J connectivity index is 1.65. The van der Waals surface area contributed by atoms with Gasteiger partial charge in [0, 0.05) is 33.5 Å². The summed E-state index contributed by atoms with van der Waals surface area (Å²) >= 11 is 6.12. The van der Waals surface area contributed by atoms with Gasteiger partial charge in [0.1, 0.15) is 0 Å². The van der Waals surface area contributed by atoms with Crippen molar-refractivity contribution in [1.29, 1.82) is 0 Å². The van der Waals surface area contributed by atoms with Gasteiger partial charge in [-0.15, -0.1) is 0 Å². The molecule has 0 radical (unpaired) electrons. The molecule has 1 aliphatic rings. The second-order valence-electron chi connectivity index (χ2n) is 7.11. The standard InChI is InChI=1S/C21H21ClN4O2/c1-25-8-10-26(11-9-25)16-5-3-15(4-6-16)24-20-17-12-14(22)2-7-19(17)23-13-18(20)21(27)28/h2-7,12-13H,8-11H2,1H3,(H,23,24)(H,27,28). The van der Waals surface area contributed by atoms with Crippen LogP contribution in [0.5, 0.6) is 0 Å². The second kappa shape index (κ2) is 7.66. The van der Waals surface area contributed by atoms with Crippen molar-refractivity contribution in [2.75, 3.05) is 43.4 Å². The highest BCUT2D eigenvalue weighted by Crippen LogP contribution is 2.31. The number of fused-ring (bicyclic) bond motifs is 1. The van der Waals surface area contributed by atoms with Gasteiger partial charge in [-0.05, 0) is 42.5 Å². The van der Waals surface area contributed by atoms with Crippen LogP contribution in [-0.4, -0.2) is 44.2 Å². The molecule has 2 aromatic carbocycles. The third-order valence-electron chi connectivity index (χ3n) is 5.17. The lowest BCUT2D eigenvalue weighted by molar-refractivity contribution is -0.880. The highest BCUT2D eigenvalue weighted by atomic mass is 35.5. The highest BCUT2D eigenvalue weighted by Gasteiger charge is 2.17. The number of hydrogen-bond acceptors (Lipinski definition) is 5. The molecule has 144 valence electrons. The quantitative estimate of drug-likeness (QED) is 0.696. The molecular formula is C21H21ClN4O2. The molecule has 0 unspecified atom stereocenters. The monoisotopic (exact) mass is 396 g/mol. The topological polar surface area (TPSA) is 72.7 Å². The highest BCUT2D eigenvalue weighted by molar-refractivity contribution is 6.31. The summed E-state index contributed by atoms with van der Waals surface area (Å²) in [6.07, 6.45) is 1.31. The number of rotatable bonds is 4. The number of carboxylic acids is 1. The van der Waals surface area contributed by atoms with E-state index in [4.69, 9.17) is 11.6 Å². The van der Waals surface area contributed by atoms with Crippen molar-refractivity contribution in [2.45, 2.75) is 0 Å². The summed E-state index contributed by atoms with van der Waals surface area (Å²) in [5.74, 6) is -1.28. The maximum atomic E-state index is 11.6. The summed E-state index contributed by atoms with van der Waals surface area (Å²) in [4.78, 5) is 19.7. The molecule has 0 aliphatic carbocycles. The van der Waals surface area contributed by atoms with Crippen LogP contribution in [0.3, 0.4) is 0 Å². The number of carbonyl (C=O) groups is 1. The summed E-state index contributed by atoms with van der Waals surface area (Å²) in [6, 6.07) is 13.2. The van der Waals surface area contributed by atoms with Gasteiger partial charge in [-0.3, -0.25) is 4.98 Å². The first-order chi connectivity index (χ1) is 13.5. The average molecular weight is 397 g/mol.